The summed E-state index contributed by atoms with van der Waals surface area (Å²) < 4.78 is 11.1. The van der Waals surface area contributed by atoms with Gasteiger partial charge in [-0.1, -0.05) is 30.3 Å². The summed E-state index contributed by atoms with van der Waals surface area (Å²) in [5.41, 5.74) is 3.13. The van der Waals surface area contributed by atoms with Gasteiger partial charge >= 0.3 is 0 Å². The van der Waals surface area contributed by atoms with Gasteiger partial charge in [-0.25, -0.2) is 0 Å². The molecule has 1 aromatic heterocycles. The van der Waals surface area contributed by atoms with Crippen LogP contribution in [0.1, 0.15) is 12.5 Å². The average molecular weight is 433 g/mol. The predicted molar refractivity (Wildman–Crippen MR) is 124 cm³/mol. The molecule has 0 radical (unpaired) electrons. The number of aryl methyl sites for hydroxylation is 1. The van der Waals surface area contributed by atoms with Crippen LogP contribution >= 0.6 is 0 Å². The molecule has 166 valence electrons. The Kier molecular flexibility index (Phi) is 6.84. The van der Waals surface area contributed by atoms with E-state index in [0.717, 1.165) is 22.8 Å². The quantitative estimate of drug-likeness (QED) is 0.569. The minimum Gasteiger partial charge on any atom is -0.494 e. The molecule has 0 saturated carbocycles. The van der Waals surface area contributed by atoms with E-state index in [1.54, 1.807) is 6.07 Å². The number of hydrogen-bond donors (Lipinski definition) is 0. The molecule has 2 aromatic carbocycles. The summed E-state index contributed by atoms with van der Waals surface area (Å²) in [4.78, 5) is 16.6. The van der Waals surface area contributed by atoms with Gasteiger partial charge in [0.15, 0.2) is 12.4 Å². The Labute approximate surface area is 188 Å². The molecule has 3 aromatic rings. The zero-order valence-corrected chi connectivity index (χ0v) is 18.5. The van der Waals surface area contributed by atoms with Crippen LogP contribution in [0.15, 0.2) is 60.7 Å². The van der Waals surface area contributed by atoms with E-state index in [0.29, 0.717) is 38.5 Å². The van der Waals surface area contributed by atoms with Gasteiger partial charge in [0.1, 0.15) is 11.5 Å². The number of benzene rings is 2. The maximum absolute atomic E-state index is 12.6. The third-order valence-electron chi connectivity index (χ3n) is 5.51. The van der Waals surface area contributed by atoms with E-state index in [2.05, 4.69) is 34.2 Å². The predicted octanol–water partition coefficient (Wildman–Crippen LogP) is 3.58. The zero-order valence-electron chi connectivity index (χ0n) is 18.5. The first kappa shape index (κ1) is 21.6. The lowest BCUT2D eigenvalue weighted by atomic mass is 10.1. The number of piperazine rings is 1. The van der Waals surface area contributed by atoms with Gasteiger partial charge in [0.2, 0.25) is 0 Å². The smallest absolute Gasteiger partial charge is 0.260 e. The molecule has 0 unspecified atom stereocenters. The summed E-state index contributed by atoms with van der Waals surface area (Å²) >= 11 is 0. The molecule has 0 spiro atoms. The van der Waals surface area contributed by atoms with Gasteiger partial charge in [-0.15, -0.1) is 10.2 Å². The largest absolute Gasteiger partial charge is 0.494 e. The van der Waals surface area contributed by atoms with Gasteiger partial charge in [-0.2, -0.15) is 0 Å². The summed E-state index contributed by atoms with van der Waals surface area (Å²) in [6.45, 7) is 7.28. The molecule has 1 saturated heterocycles. The van der Waals surface area contributed by atoms with Gasteiger partial charge in [0.05, 0.1) is 12.3 Å². The minimum absolute atomic E-state index is 0.0144. The molecule has 2 heterocycles. The van der Waals surface area contributed by atoms with Crippen LogP contribution in [0, 0.1) is 6.92 Å². The summed E-state index contributed by atoms with van der Waals surface area (Å²) in [7, 11) is 0. The van der Waals surface area contributed by atoms with E-state index in [1.807, 2.05) is 54.3 Å². The fourth-order valence-electron chi connectivity index (χ4n) is 3.74. The van der Waals surface area contributed by atoms with Crippen LogP contribution in [0.5, 0.6) is 11.5 Å². The van der Waals surface area contributed by atoms with E-state index in [1.165, 1.54) is 5.56 Å². The Morgan fingerprint density at radius 3 is 2.34 bits per heavy atom. The second-order valence-electron chi connectivity index (χ2n) is 7.66. The highest BCUT2D eigenvalue weighted by Crippen LogP contribution is 2.23. The first-order chi connectivity index (χ1) is 15.6. The highest BCUT2D eigenvalue weighted by Gasteiger charge is 2.22. The van der Waals surface area contributed by atoms with E-state index < -0.39 is 0 Å². The fourth-order valence-corrected chi connectivity index (χ4v) is 3.74. The van der Waals surface area contributed by atoms with E-state index in [-0.39, 0.29) is 12.5 Å². The summed E-state index contributed by atoms with van der Waals surface area (Å²) in [6.07, 6.45) is 0. The summed E-state index contributed by atoms with van der Waals surface area (Å²) in [5.74, 6) is 2.18. The molecule has 1 fully saturated rings. The van der Waals surface area contributed by atoms with Gasteiger partial charge < -0.3 is 19.3 Å². The van der Waals surface area contributed by atoms with Crippen molar-refractivity contribution in [3.05, 3.63) is 66.2 Å². The van der Waals surface area contributed by atoms with Crippen LogP contribution in [0.4, 0.5) is 5.82 Å². The van der Waals surface area contributed by atoms with Crippen molar-refractivity contribution in [2.45, 2.75) is 13.8 Å². The number of carbonyl (C=O) groups excluding carboxylic acids is 1. The Balaban J connectivity index is 1.29. The van der Waals surface area contributed by atoms with E-state index in [9.17, 15) is 4.79 Å². The van der Waals surface area contributed by atoms with Gasteiger partial charge in [-0.3, -0.25) is 4.79 Å². The normalized spacial score (nSPS) is 13.7. The molecule has 7 nitrogen and oxygen atoms in total. The SMILES string of the molecule is CCOc1cccc(OCC(=O)N2CCN(c3ccc(-c4ccccc4C)nn3)CC2)c1. The lowest BCUT2D eigenvalue weighted by Crippen LogP contribution is -2.50. The van der Waals surface area contributed by atoms with Crippen molar-refractivity contribution < 1.29 is 14.3 Å². The summed E-state index contributed by atoms with van der Waals surface area (Å²) in [5, 5.41) is 8.84. The van der Waals surface area contributed by atoms with Crippen LogP contribution in [-0.2, 0) is 4.79 Å². The van der Waals surface area contributed by atoms with Crippen molar-refractivity contribution in [3.8, 4) is 22.8 Å². The molecule has 4 rings (SSSR count). The second-order valence-corrected chi connectivity index (χ2v) is 7.66. The fraction of sp³-hybridized carbons (Fsp3) is 0.320. The Morgan fingerprint density at radius 2 is 1.66 bits per heavy atom. The average Bonchev–Trinajstić information content (AvgIpc) is 2.84. The van der Waals surface area contributed by atoms with Gasteiger partial charge in [-0.05, 0) is 43.7 Å². The van der Waals surface area contributed by atoms with Crippen molar-refractivity contribution in [2.24, 2.45) is 0 Å². The number of carbonyl (C=O) groups is 1. The first-order valence-electron chi connectivity index (χ1n) is 10.9. The van der Waals surface area contributed by atoms with Crippen LogP contribution in [-0.4, -0.2) is 60.4 Å². The maximum Gasteiger partial charge on any atom is 0.260 e. The van der Waals surface area contributed by atoms with Gasteiger partial charge in [0, 0.05) is 37.8 Å². The maximum atomic E-state index is 12.6. The van der Waals surface area contributed by atoms with Crippen molar-refractivity contribution in [1.29, 1.82) is 0 Å². The number of nitrogens with zero attached hydrogens (tertiary/aromatic N) is 4. The number of amides is 1. The number of rotatable bonds is 7. The number of anilines is 1. The summed E-state index contributed by atoms with van der Waals surface area (Å²) in [6, 6.07) is 19.5. The molecule has 7 heteroatoms. The molecule has 1 amide bonds. The minimum atomic E-state index is -0.0209. The molecular formula is C25H28N4O3. The van der Waals surface area contributed by atoms with Crippen molar-refractivity contribution in [3.63, 3.8) is 0 Å². The van der Waals surface area contributed by atoms with Crippen LogP contribution in [0.3, 0.4) is 0 Å². The number of aromatic nitrogens is 2. The van der Waals surface area contributed by atoms with Crippen molar-refractivity contribution in [2.75, 3.05) is 44.3 Å². The third-order valence-corrected chi connectivity index (χ3v) is 5.51. The molecular weight excluding hydrogens is 404 g/mol. The highest BCUT2D eigenvalue weighted by molar-refractivity contribution is 5.78. The van der Waals surface area contributed by atoms with E-state index >= 15 is 0 Å². The lowest BCUT2D eigenvalue weighted by Gasteiger charge is -2.35. The molecule has 1 aliphatic heterocycles. The first-order valence-corrected chi connectivity index (χ1v) is 10.9. The molecule has 0 N–H and O–H groups in total. The zero-order chi connectivity index (χ0) is 22.3. The standard InChI is InChI=1S/C25H28N4O3/c1-3-31-20-8-6-9-21(17-20)32-18-25(30)29-15-13-28(14-16-29)24-12-11-23(26-27-24)22-10-5-4-7-19(22)2/h4-12,17H,3,13-16,18H2,1-2H3. The molecule has 0 atom stereocenters. The van der Waals surface area contributed by atoms with Crippen LogP contribution < -0.4 is 14.4 Å². The molecule has 1 aliphatic rings. The van der Waals surface area contributed by atoms with Crippen LogP contribution in [0.25, 0.3) is 11.3 Å². The Hall–Kier alpha value is -3.61. The van der Waals surface area contributed by atoms with Crippen molar-refractivity contribution >= 4 is 11.7 Å². The second kappa shape index (κ2) is 10.1. The number of ether oxygens (including phenoxy) is 2. The molecule has 0 aliphatic carbocycles. The Bertz CT molecular complexity index is 1050. The van der Waals surface area contributed by atoms with Crippen molar-refractivity contribution in [1.82, 2.24) is 15.1 Å². The highest BCUT2D eigenvalue weighted by atomic mass is 16.5. The molecule has 32 heavy (non-hydrogen) atoms. The van der Waals surface area contributed by atoms with Gasteiger partial charge in [0.25, 0.3) is 5.91 Å². The topological polar surface area (TPSA) is 67.8 Å². The number of hydrogen-bond acceptors (Lipinski definition) is 6. The molecule has 0 bridgehead atoms. The third kappa shape index (κ3) is 5.17. The lowest BCUT2D eigenvalue weighted by molar-refractivity contribution is -0.133. The van der Waals surface area contributed by atoms with E-state index in [4.69, 9.17) is 9.47 Å². The van der Waals surface area contributed by atoms with Crippen LogP contribution in [0.2, 0.25) is 0 Å². The Morgan fingerprint density at radius 1 is 0.906 bits per heavy atom. The monoisotopic (exact) mass is 432 g/mol.